The van der Waals surface area contributed by atoms with Gasteiger partial charge in [-0.25, -0.2) is 4.79 Å². The van der Waals surface area contributed by atoms with Gasteiger partial charge in [0.1, 0.15) is 0 Å². The average Bonchev–Trinajstić information content (AvgIpc) is 2.18. The maximum Gasteiger partial charge on any atom is 0.333 e. The number of hydrogen-bond donors (Lipinski definition) is 2. The standard InChI is InChI=1S/C10H18N2O2/c1-2-3-9(10(13)14)8-12-6-4-11-5-7-12/h8,11H,2-7H2,1H3,(H,13,14). The van der Waals surface area contributed by atoms with Crippen molar-refractivity contribution < 1.29 is 9.90 Å². The summed E-state index contributed by atoms with van der Waals surface area (Å²) in [5.74, 6) is -0.787. The molecule has 0 aromatic rings. The Labute approximate surface area is 84.6 Å². The summed E-state index contributed by atoms with van der Waals surface area (Å²) in [6.07, 6.45) is 3.33. The SMILES string of the molecule is CCCC(=CN1CCNCC1)C(=O)O. The van der Waals surface area contributed by atoms with Gasteiger partial charge in [-0.2, -0.15) is 0 Å². The highest BCUT2D eigenvalue weighted by atomic mass is 16.4. The number of nitrogens with zero attached hydrogens (tertiary/aromatic N) is 1. The predicted molar refractivity (Wildman–Crippen MR) is 55.1 cm³/mol. The molecule has 0 saturated carbocycles. The quantitative estimate of drug-likeness (QED) is 0.652. The van der Waals surface area contributed by atoms with Crippen LogP contribution in [0.5, 0.6) is 0 Å². The zero-order chi connectivity index (χ0) is 10.4. The summed E-state index contributed by atoms with van der Waals surface area (Å²) in [6.45, 7) is 5.68. The maximum atomic E-state index is 10.9. The van der Waals surface area contributed by atoms with Gasteiger partial charge in [-0.05, 0) is 6.42 Å². The van der Waals surface area contributed by atoms with Crippen molar-refractivity contribution in [2.75, 3.05) is 26.2 Å². The fourth-order valence-electron chi connectivity index (χ4n) is 1.53. The van der Waals surface area contributed by atoms with Crippen LogP contribution in [0, 0.1) is 0 Å². The van der Waals surface area contributed by atoms with Crippen LogP contribution in [0.3, 0.4) is 0 Å². The summed E-state index contributed by atoms with van der Waals surface area (Å²) >= 11 is 0. The molecule has 0 unspecified atom stereocenters. The van der Waals surface area contributed by atoms with Gasteiger partial charge >= 0.3 is 5.97 Å². The number of piperazine rings is 1. The first-order chi connectivity index (χ1) is 6.74. The maximum absolute atomic E-state index is 10.9. The van der Waals surface area contributed by atoms with Crippen LogP contribution in [-0.4, -0.2) is 42.2 Å². The Balaban J connectivity index is 2.55. The van der Waals surface area contributed by atoms with Crippen molar-refractivity contribution in [1.82, 2.24) is 10.2 Å². The molecule has 0 radical (unpaired) electrons. The molecule has 1 heterocycles. The third kappa shape index (κ3) is 3.38. The van der Waals surface area contributed by atoms with Crippen LogP contribution >= 0.6 is 0 Å². The minimum absolute atomic E-state index is 0.523. The van der Waals surface area contributed by atoms with E-state index in [-0.39, 0.29) is 0 Å². The zero-order valence-electron chi connectivity index (χ0n) is 8.62. The van der Waals surface area contributed by atoms with E-state index >= 15 is 0 Å². The van der Waals surface area contributed by atoms with Gasteiger partial charge in [0.15, 0.2) is 0 Å². The summed E-state index contributed by atoms with van der Waals surface area (Å²) in [5.41, 5.74) is 0.523. The molecule has 1 saturated heterocycles. The Morgan fingerprint density at radius 2 is 2.14 bits per heavy atom. The van der Waals surface area contributed by atoms with Crippen molar-refractivity contribution in [2.24, 2.45) is 0 Å². The molecule has 1 fully saturated rings. The molecule has 4 nitrogen and oxygen atoms in total. The lowest BCUT2D eigenvalue weighted by molar-refractivity contribution is -0.132. The van der Waals surface area contributed by atoms with Crippen molar-refractivity contribution in [3.8, 4) is 0 Å². The van der Waals surface area contributed by atoms with Gasteiger partial charge < -0.3 is 15.3 Å². The van der Waals surface area contributed by atoms with E-state index < -0.39 is 5.97 Å². The first-order valence-corrected chi connectivity index (χ1v) is 5.12. The number of aliphatic carboxylic acids is 1. The van der Waals surface area contributed by atoms with E-state index in [1.165, 1.54) is 0 Å². The van der Waals surface area contributed by atoms with Gasteiger partial charge in [-0.3, -0.25) is 0 Å². The fourth-order valence-corrected chi connectivity index (χ4v) is 1.53. The first-order valence-electron chi connectivity index (χ1n) is 5.12. The summed E-state index contributed by atoms with van der Waals surface area (Å²) in [4.78, 5) is 12.9. The lowest BCUT2D eigenvalue weighted by Crippen LogP contribution is -2.40. The topological polar surface area (TPSA) is 52.6 Å². The molecule has 0 aromatic heterocycles. The summed E-state index contributed by atoms with van der Waals surface area (Å²) < 4.78 is 0. The smallest absolute Gasteiger partial charge is 0.333 e. The molecule has 80 valence electrons. The third-order valence-corrected chi connectivity index (χ3v) is 2.28. The Bertz CT molecular complexity index is 220. The number of nitrogens with one attached hydrogen (secondary N) is 1. The molecule has 2 N–H and O–H groups in total. The van der Waals surface area contributed by atoms with Crippen molar-refractivity contribution in [2.45, 2.75) is 19.8 Å². The van der Waals surface area contributed by atoms with E-state index in [4.69, 9.17) is 5.11 Å². The Kier molecular flexibility index (Phi) is 4.46. The van der Waals surface area contributed by atoms with Gasteiger partial charge in [0, 0.05) is 32.4 Å². The molecule has 0 atom stereocenters. The number of hydrogen-bond acceptors (Lipinski definition) is 3. The van der Waals surface area contributed by atoms with Crippen LogP contribution in [-0.2, 0) is 4.79 Å². The van der Waals surface area contributed by atoms with Crippen molar-refractivity contribution in [3.05, 3.63) is 11.8 Å². The lowest BCUT2D eigenvalue weighted by atomic mass is 10.1. The van der Waals surface area contributed by atoms with Crippen molar-refractivity contribution >= 4 is 5.97 Å². The molecule has 0 aromatic carbocycles. The van der Waals surface area contributed by atoms with E-state index in [1.54, 1.807) is 6.20 Å². The molecule has 1 aliphatic heterocycles. The average molecular weight is 198 g/mol. The third-order valence-electron chi connectivity index (χ3n) is 2.28. The molecule has 0 bridgehead atoms. The van der Waals surface area contributed by atoms with E-state index in [2.05, 4.69) is 10.2 Å². The van der Waals surface area contributed by atoms with Crippen LogP contribution < -0.4 is 5.32 Å². The number of rotatable bonds is 4. The first kappa shape index (κ1) is 11.0. The Hall–Kier alpha value is -1.03. The van der Waals surface area contributed by atoms with Gasteiger partial charge in [-0.1, -0.05) is 13.3 Å². The monoisotopic (exact) mass is 198 g/mol. The second-order valence-corrected chi connectivity index (χ2v) is 3.50. The fraction of sp³-hybridized carbons (Fsp3) is 0.700. The van der Waals surface area contributed by atoms with Gasteiger partial charge in [0.25, 0.3) is 0 Å². The van der Waals surface area contributed by atoms with Gasteiger partial charge in [-0.15, -0.1) is 0 Å². The largest absolute Gasteiger partial charge is 0.478 e. The van der Waals surface area contributed by atoms with E-state index in [0.717, 1.165) is 32.6 Å². The highest BCUT2D eigenvalue weighted by Crippen LogP contribution is 2.07. The second-order valence-electron chi connectivity index (χ2n) is 3.50. The molecule has 0 spiro atoms. The molecule has 0 aliphatic carbocycles. The van der Waals surface area contributed by atoms with E-state index in [9.17, 15) is 4.79 Å². The summed E-state index contributed by atoms with van der Waals surface area (Å²) in [5, 5.41) is 12.2. The Morgan fingerprint density at radius 3 is 2.64 bits per heavy atom. The van der Waals surface area contributed by atoms with Crippen LogP contribution in [0.1, 0.15) is 19.8 Å². The van der Waals surface area contributed by atoms with E-state index in [0.29, 0.717) is 12.0 Å². The minimum atomic E-state index is -0.787. The number of carboxylic acids is 1. The summed E-state index contributed by atoms with van der Waals surface area (Å²) in [7, 11) is 0. The van der Waals surface area contributed by atoms with Crippen LogP contribution in [0.25, 0.3) is 0 Å². The minimum Gasteiger partial charge on any atom is -0.478 e. The predicted octanol–water partition coefficient (Wildman–Crippen LogP) is 0.660. The van der Waals surface area contributed by atoms with Gasteiger partial charge in [0.05, 0.1) is 5.57 Å². The normalized spacial score (nSPS) is 18.4. The molecular formula is C10H18N2O2. The second kappa shape index (κ2) is 5.65. The van der Waals surface area contributed by atoms with E-state index in [1.807, 2.05) is 6.92 Å². The van der Waals surface area contributed by atoms with Crippen LogP contribution in [0.2, 0.25) is 0 Å². The highest BCUT2D eigenvalue weighted by Gasteiger charge is 2.10. The molecule has 14 heavy (non-hydrogen) atoms. The molecule has 0 amide bonds. The van der Waals surface area contributed by atoms with Crippen molar-refractivity contribution in [1.29, 1.82) is 0 Å². The van der Waals surface area contributed by atoms with Crippen LogP contribution in [0.4, 0.5) is 0 Å². The molecule has 4 heteroatoms. The van der Waals surface area contributed by atoms with Crippen molar-refractivity contribution in [3.63, 3.8) is 0 Å². The molecular weight excluding hydrogens is 180 g/mol. The Morgan fingerprint density at radius 1 is 1.50 bits per heavy atom. The summed E-state index contributed by atoms with van der Waals surface area (Å²) in [6, 6.07) is 0. The number of carbonyl (C=O) groups is 1. The highest BCUT2D eigenvalue weighted by molar-refractivity contribution is 5.86. The molecule has 1 rings (SSSR count). The number of carboxylic acid groups (broad SMARTS) is 1. The van der Waals surface area contributed by atoms with Gasteiger partial charge in [0.2, 0.25) is 0 Å². The van der Waals surface area contributed by atoms with Crippen LogP contribution in [0.15, 0.2) is 11.8 Å². The lowest BCUT2D eigenvalue weighted by Gasteiger charge is -2.26. The molecule has 1 aliphatic rings. The zero-order valence-corrected chi connectivity index (χ0v) is 8.62.